The van der Waals surface area contributed by atoms with Gasteiger partial charge in [0.1, 0.15) is 11.4 Å². The van der Waals surface area contributed by atoms with Gasteiger partial charge in [0, 0.05) is 18.5 Å². The number of para-hydroxylation sites is 1. The number of hydrogen-bond donors (Lipinski definition) is 2. The minimum absolute atomic E-state index is 0.310. The van der Waals surface area contributed by atoms with Crippen molar-refractivity contribution < 1.29 is 14.3 Å². The first-order valence-electron chi connectivity index (χ1n) is 6.84. The zero-order chi connectivity index (χ0) is 14.8. The number of carbonyl (C=O) groups excluding carboxylic acids is 1. The maximum Gasteiger partial charge on any atom is 0.407 e. The van der Waals surface area contributed by atoms with Gasteiger partial charge < -0.3 is 20.5 Å². The van der Waals surface area contributed by atoms with Crippen molar-refractivity contribution >= 4 is 6.09 Å². The number of ether oxygens (including phenoxy) is 2. The highest BCUT2D eigenvalue weighted by Crippen LogP contribution is 2.32. The number of amides is 1. The molecule has 0 saturated heterocycles. The number of hydrogen-bond acceptors (Lipinski definition) is 4. The third-order valence-corrected chi connectivity index (χ3v) is 3.01. The number of nitrogens with one attached hydrogen (secondary N) is 1. The van der Waals surface area contributed by atoms with E-state index in [2.05, 4.69) is 5.32 Å². The van der Waals surface area contributed by atoms with Crippen LogP contribution >= 0.6 is 0 Å². The summed E-state index contributed by atoms with van der Waals surface area (Å²) in [6.07, 6.45) is 0.455. The molecule has 1 aliphatic heterocycles. The van der Waals surface area contributed by atoms with Gasteiger partial charge in [0.25, 0.3) is 0 Å². The molecule has 1 heterocycles. The third-order valence-electron chi connectivity index (χ3n) is 3.01. The van der Waals surface area contributed by atoms with Crippen LogP contribution in [0.5, 0.6) is 5.75 Å². The second-order valence-electron chi connectivity index (χ2n) is 5.92. The number of nitrogens with two attached hydrogens (primary N) is 1. The van der Waals surface area contributed by atoms with E-state index in [-0.39, 0.29) is 6.04 Å². The normalized spacial score (nSPS) is 15.2. The van der Waals surface area contributed by atoms with Crippen molar-refractivity contribution in [2.45, 2.75) is 38.8 Å². The lowest BCUT2D eigenvalue weighted by molar-refractivity contribution is 0.0524. The van der Waals surface area contributed by atoms with E-state index < -0.39 is 11.7 Å². The highest BCUT2D eigenvalue weighted by Gasteiger charge is 2.21. The lowest BCUT2D eigenvalue weighted by Gasteiger charge is -2.21. The lowest BCUT2D eigenvalue weighted by atomic mass is 10.0. The molecule has 5 heteroatoms. The molecular formula is C15H22N2O3. The van der Waals surface area contributed by atoms with E-state index in [1.807, 2.05) is 39.0 Å². The molecule has 1 aromatic rings. The van der Waals surface area contributed by atoms with Crippen molar-refractivity contribution in [2.75, 3.05) is 13.2 Å². The van der Waals surface area contributed by atoms with Crippen LogP contribution < -0.4 is 15.8 Å². The van der Waals surface area contributed by atoms with E-state index in [1.54, 1.807) is 0 Å². The van der Waals surface area contributed by atoms with Crippen LogP contribution in [-0.2, 0) is 11.2 Å². The van der Waals surface area contributed by atoms with Crippen molar-refractivity contribution in [3.63, 3.8) is 0 Å². The van der Waals surface area contributed by atoms with Gasteiger partial charge in [-0.25, -0.2) is 4.79 Å². The fourth-order valence-electron chi connectivity index (χ4n) is 2.15. The summed E-state index contributed by atoms with van der Waals surface area (Å²) >= 11 is 0. The summed E-state index contributed by atoms with van der Waals surface area (Å²) in [7, 11) is 0. The summed E-state index contributed by atoms with van der Waals surface area (Å²) < 4.78 is 10.8. The molecule has 20 heavy (non-hydrogen) atoms. The number of benzene rings is 1. The average Bonchev–Trinajstić information content (AvgIpc) is 2.81. The molecule has 2 rings (SSSR count). The molecule has 110 valence electrons. The van der Waals surface area contributed by atoms with Crippen molar-refractivity contribution in [2.24, 2.45) is 5.73 Å². The number of alkyl carbamates (subject to hydrolysis) is 1. The Labute approximate surface area is 119 Å². The maximum atomic E-state index is 11.6. The second-order valence-corrected chi connectivity index (χ2v) is 5.92. The second kappa shape index (κ2) is 5.71. The average molecular weight is 278 g/mol. The van der Waals surface area contributed by atoms with Crippen molar-refractivity contribution in [3.8, 4) is 5.75 Å². The molecule has 0 bridgehead atoms. The van der Waals surface area contributed by atoms with Gasteiger partial charge in [0.15, 0.2) is 0 Å². The summed E-state index contributed by atoms with van der Waals surface area (Å²) in [6, 6.07) is 5.64. The molecule has 1 atom stereocenters. The van der Waals surface area contributed by atoms with Crippen molar-refractivity contribution in [1.29, 1.82) is 0 Å². The van der Waals surface area contributed by atoms with Gasteiger partial charge in [0.05, 0.1) is 12.6 Å². The smallest absolute Gasteiger partial charge is 0.407 e. The molecule has 0 fully saturated rings. The first-order valence-corrected chi connectivity index (χ1v) is 6.84. The molecule has 0 saturated carbocycles. The summed E-state index contributed by atoms with van der Waals surface area (Å²) in [4.78, 5) is 11.6. The molecule has 3 N–H and O–H groups in total. The SMILES string of the molecule is CC(C)(C)OC(=O)NCC(N)c1cccc2c1OCC2. The zero-order valence-corrected chi connectivity index (χ0v) is 12.2. The summed E-state index contributed by atoms with van der Waals surface area (Å²) in [5, 5.41) is 2.69. The Morgan fingerprint density at radius 2 is 2.25 bits per heavy atom. The fourth-order valence-corrected chi connectivity index (χ4v) is 2.15. The largest absolute Gasteiger partial charge is 0.493 e. The van der Waals surface area contributed by atoms with Crippen LogP contribution in [0.25, 0.3) is 0 Å². The highest BCUT2D eigenvalue weighted by atomic mass is 16.6. The van der Waals surface area contributed by atoms with Gasteiger partial charge in [-0.05, 0) is 26.3 Å². The Balaban J connectivity index is 1.94. The van der Waals surface area contributed by atoms with Gasteiger partial charge in [0.2, 0.25) is 0 Å². The van der Waals surface area contributed by atoms with Crippen molar-refractivity contribution in [3.05, 3.63) is 29.3 Å². The summed E-state index contributed by atoms with van der Waals surface area (Å²) in [6.45, 7) is 6.48. The Morgan fingerprint density at radius 3 is 2.95 bits per heavy atom. The van der Waals surface area contributed by atoms with Crippen LogP contribution in [0.15, 0.2) is 18.2 Å². The first kappa shape index (κ1) is 14.7. The molecular weight excluding hydrogens is 256 g/mol. The van der Waals surface area contributed by atoms with E-state index in [4.69, 9.17) is 15.2 Å². The van der Waals surface area contributed by atoms with Gasteiger partial charge in [-0.2, -0.15) is 0 Å². The molecule has 0 aromatic heterocycles. The van der Waals surface area contributed by atoms with Gasteiger partial charge in [-0.1, -0.05) is 18.2 Å². The molecule has 1 aliphatic rings. The van der Waals surface area contributed by atoms with Crippen LogP contribution in [0.1, 0.15) is 37.9 Å². The quantitative estimate of drug-likeness (QED) is 0.888. The Kier molecular flexibility index (Phi) is 4.18. The third kappa shape index (κ3) is 3.63. The van der Waals surface area contributed by atoms with Crippen LogP contribution in [0.3, 0.4) is 0 Å². The van der Waals surface area contributed by atoms with E-state index in [1.165, 1.54) is 5.56 Å². The monoisotopic (exact) mass is 278 g/mol. The molecule has 1 aromatic carbocycles. The van der Waals surface area contributed by atoms with Crippen LogP contribution in [-0.4, -0.2) is 24.8 Å². The fraction of sp³-hybridized carbons (Fsp3) is 0.533. The molecule has 1 unspecified atom stereocenters. The van der Waals surface area contributed by atoms with Crippen molar-refractivity contribution in [1.82, 2.24) is 5.32 Å². The standard InChI is InChI=1S/C15H22N2O3/c1-15(2,3)20-14(18)17-9-12(16)11-6-4-5-10-7-8-19-13(10)11/h4-6,12H,7-9,16H2,1-3H3,(H,17,18). The first-order chi connectivity index (χ1) is 9.37. The highest BCUT2D eigenvalue weighted by molar-refractivity contribution is 5.67. The van der Waals surface area contributed by atoms with Gasteiger partial charge in [-0.15, -0.1) is 0 Å². The van der Waals surface area contributed by atoms with E-state index in [0.29, 0.717) is 13.2 Å². The Hall–Kier alpha value is -1.75. The molecule has 1 amide bonds. The van der Waals surface area contributed by atoms with Crippen LogP contribution in [0.4, 0.5) is 4.79 Å². The predicted molar refractivity (Wildman–Crippen MR) is 76.8 cm³/mol. The minimum Gasteiger partial charge on any atom is -0.493 e. The minimum atomic E-state index is -0.509. The van der Waals surface area contributed by atoms with Gasteiger partial charge >= 0.3 is 6.09 Å². The number of rotatable bonds is 3. The van der Waals surface area contributed by atoms with Crippen LogP contribution in [0.2, 0.25) is 0 Å². The van der Waals surface area contributed by atoms with Gasteiger partial charge in [-0.3, -0.25) is 0 Å². The zero-order valence-electron chi connectivity index (χ0n) is 12.2. The molecule has 0 radical (unpaired) electrons. The summed E-state index contributed by atoms with van der Waals surface area (Å²) in [5.41, 5.74) is 7.72. The maximum absolute atomic E-state index is 11.6. The molecule has 0 aliphatic carbocycles. The molecule has 5 nitrogen and oxygen atoms in total. The van der Waals surface area contributed by atoms with Crippen LogP contribution in [0, 0.1) is 0 Å². The Bertz CT molecular complexity index is 494. The topological polar surface area (TPSA) is 73.6 Å². The Morgan fingerprint density at radius 1 is 1.50 bits per heavy atom. The number of carbonyl (C=O) groups is 1. The number of fused-ring (bicyclic) bond motifs is 1. The van der Waals surface area contributed by atoms with E-state index in [0.717, 1.165) is 17.7 Å². The molecule has 0 spiro atoms. The predicted octanol–water partition coefficient (Wildman–Crippen LogP) is 2.15. The summed E-state index contributed by atoms with van der Waals surface area (Å²) in [5.74, 6) is 0.867. The van der Waals surface area contributed by atoms with E-state index in [9.17, 15) is 4.79 Å². The lowest BCUT2D eigenvalue weighted by Crippen LogP contribution is -2.36. The van der Waals surface area contributed by atoms with E-state index >= 15 is 0 Å².